The third-order valence-electron chi connectivity index (χ3n) is 2.74. The molecule has 2 rings (SSSR count). The van der Waals surface area contributed by atoms with Crippen LogP contribution in [0.3, 0.4) is 0 Å². The molecule has 1 aromatic carbocycles. The highest BCUT2D eigenvalue weighted by molar-refractivity contribution is 5.96. The minimum atomic E-state index is 0.109. The second-order valence-corrected chi connectivity index (χ2v) is 4.46. The summed E-state index contributed by atoms with van der Waals surface area (Å²) in [6.45, 7) is 4.79. The van der Waals surface area contributed by atoms with Gasteiger partial charge in [-0.1, -0.05) is 0 Å². The molecule has 0 atom stereocenters. The Bertz CT molecular complexity index is 412. The summed E-state index contributed by atoms with van der Waals surface area (Å²) in [6.07, 6.45) is 1.08. The minimum absolute atomic E-state index is 0.109. The number of hydrogen-bond donors (Lipinski definition) is 0. The highest BCUT2D eigenvalue weighted by Crippen LogP contribution is 2.23. The number of likely N-dealkylation sites (N-methyl/N-ethyl adjacent to an activating group) is 1. The molecule has 3 heteroatoms. The van der Waals surface area contributed by atoms with Crippen LogP contribution in [0.4, 0.5) is 0 Å². The molecule has 0 fully saturated rings. The van der Waals surface area contributed by atoms with E-state index < -0.39 is 0 Å². The highest BCUT2D eigenvalue weighted by atomic mass is 16.5. The van der Waals surface area contributed by atoms with Crippen LogP contribution in [0.2, 0.25) is 0 Å². The summed E-state index contributed by atoms with van der Waals surface area (Å²) in [6, 6.07) is 5.72. The maximum atomic E-state index is 11.8. The zero-order valence-electron chi connectivity index (χ0n) is 9.99. The van der Waals surface area contributed by atoms with E-state index in [9.17, 15) is 4.79 Å². The van der Waals surface area contributed by atoms with E-state index >= 15 is 0 Å². The molecule has 0 saturated heterocycles. The van der Waals surface area contributed by atoms with Crippen molar-refractivity contribution in [2.75, 3.05) is 13.6 Å². The average Bonchev–Trinajstić information content (AvgIpc) is 2.23. The first-order valence-corrected chi connectivity index (χ1v) is 5.63. The molecule has 0 radical (unpaired) electrons. The van der Waals surface area contributed by atoms with Gasteiger partial charge in [-0.15, -0.1) is 0 Å². The fraction of sp³-hybridized carbons (Fsp3) is 0.462. The number of rotatable bonds is 2. The Morgan fingerprint density at radius 3 is 2.81 bits per heavy atom. The van der Waals surface area contributed by atoms with Crippen LogP contribution in [-0.4, -0.2) is 30.5 Å². The molecule has 0 aromatic heterocycles. The monoisotopic (exact) mass is 219 g/mol. The van der Waals surface area contributed by atoms with Crippen LogP contribution in [-0.2, 0) is 6.42 Å². The predicted molar refractivity (Wildman–Crippen MR) is 62.9 cm³/mol. The molecule has 1 aliphatic heterocycles. The van der Waals surface area contributed by atoms with Gasteiger partial charge in [-0.25, -0.2) is 0 Å². The maximum Gasteiger partial charge on any atom is 0.253 e. The van der Waals surface area contributed by atoms with Gasteiger partial charge in [-0.05, 0) is 44.0 Å². The van der Waals surface area contributed by atoms with Gasteiger partial charge in [0.2, 0.25) is 0 Å². The summed E-state index contributed by atoms with van der Waals surface area (Å²) in [5.74, 6) is 0.962. The van der Waals surface area contributed by atoms with Crippen LogP contribution >= 0.6 is 0 Å². The van der Waals surface area contributed by atoms with E-state index in [0.29, 0.717) is 0 Å². The van der Waals surface area contributed by atoms with E-state index in [4.69, 9.17) is 4.74 Å². The van der Waals surface area contributed by atoms with Crippen molar-refractivity contribution in [2.45, 2.75) is 26.4 Å². The molecular formula is C13H17NO2. The number of carbonyl (C=O) groups is 1. The molecule has 1 aromatic rings. The number of fused-ring (bicyclic) bond motifs is 1. The normalized spacial score (nSPS) is 15.2. The number of nitrogens with zero attached hydrogens (tertiary/aromatic N) is 1. The fourth-order valence-electron chi connectivity index (χ4n) is 1.93. The number of benzene rings is 1. The minimum Gasteiger partial charge on any atom is -0.491 e. The number of amides is 1. The lowest BCUT2D eigenvalue weighted by Crippen LogP contribution is -2.34. The van der Waals surface area contributed by atoms with Gasteiger partial charge in [0.15, 0.2) is 0 Å². The summed E-state index contributed by atoms with van der Waals surface area (Å²) >= 11 is 0. The molecule has 0 N–H and O–H groups in total. The van der Waals surface area contributed by atoms with Crippen molar-refractivity contribution < 1.29 is 9.53 Å². The van der Waals surface area contributed by atoms with Crippen LogP contribution < -0.4 is 4.74 Å². The molecule has 0 spiro atoms. The Kier molecular flexibility index (Phi) is 2.86. The first kappa shape index (κ1) is 11.0. The van der Waals surface area contributed by atoms with Crippen molar-refractivity contribution in [3.8, 4) is 5.75 Å². The Hall–Kier alpha value is -1.51. The van der Waals surface area contributed by atoms with Crippen LogP contribution in [0.15, 0.2) is 18.2 Å². The number of hydrogen-bond acceptors (Lipinski definition) is 2. The molecule has 1 aliphatic rings. The van der Waals surface area contributed by atoms with Gasteiger partial charge in [-0.2, -0.15) is 0 Å². The third kappa shape index (κ3) is 2.03. The third-order valence-corrected chi connectivity index (χ3v) is 2.74. The Morgan fingerprint density at radius 1 is 1.38 bits per heavy atom. The first-order valence-electron chi connectivity index (χ1n) is 5.63. The standard InChI is InChI=1S/C13H17NO2/c1-9(2)16-11-4-5-12-10(8-11)6-7-14(3)13(12)15/h4-5,8-9H,6-7H2,1-3H3. The molecular weight excluding hydrogens is 202 g/mol. The van der Waals surface area contributed by atoms with Gasteiger partial charge in [0, 0.05) is 19.2 Å². The zero-order valence-corrected chi connectivity index (χ0v) is 9.99. The van der Waals surface area contributed by atoms with Crippen molar-refractivity contribution >= 4 is 5.91 Å². The van der Waals surface area contributed by atoms with Crippen molar-refractivity contribution in [3.05, 3.63) is 29.3 Å². The second kappa shape index (κ2) is 4.16. The molecule has 0 unspecified atom stereocenters. The van der Waals surface area contributed by atoms with Gasteiger partial charge in [0.05, 0.1) is 6.10 Å². The molecule has 3 nitrogen and oxygen atoms in total. The van der Waals surface area contributed by atoms with Gasteiger partial charge in [0.25, 0.3) is 5.91 Å². The molecule has 16 heavy (non-hydrogen) atoms. The van der Waals surface area contributed by atoms with Crippen LogP contribution in [0, 0.1) is 0 Å². The Morgan fingerprint density at radius 2 is 2.12 bits per heavy atom. The molecule has 1 heterocycles. The average molecular weight is 219 g/mol. The van der Waals surface area contributed by atoms with Gasteiger partial charge in [0.1, 0.15) is 5.75 Å². The maximum absolute atomic E-state index is 11.8. The molecule has 1 amide bonds. The summed E-state index contributed by atoms with van der Waals surface area (Å²) in [5, 5.41) is 0. The lowest BCUT2D eigenvalue weighted by atomic mass is 9.99. The van der Waals surface area contributed by atoms with E-state index in [1.165, 1.54) is 0 Å². The van der Waals surface area contributed by atoms with Gasteiger partial charge >= 0.3 is 0 Å². The smallest absolute Gasteiger partial charge is 0.253 e. The lowest BCUT2D eigenvalue weighted by Gasteiger charge is -2.25. The van der Waals surface area contributed by atoms with Crippen molar-refractivity contribution in [1.29, 1.82) is 0 Å². The number of carbonyl (C=O) groups excluding carboxylic acids is 1. The van der Waals surface area contributed by atoms with Crippen LogP contribution in [0.5, 0.6) is 5.75 Å². The fourth-order valence-corrected chi connectivity index (χ4v) is 1.93. The van der Waals surface area contributed by atoms with E-state index in [2.05, 4.69) is 0 Å². The highest BCUT2D eigenvalue weighted by Gasteiger charge is 2.21. The van der Waals surface area contributed by atoms with E-state index in [1.807, 2.05) is 39.1 Å². The predicted octanol–water partition coefficient (Wildman–Crippen LogP) is 2.10. The van der Waals surface area contributed by atoms with Crippen LogP contribution in [0.25, 0.3) is 0 Å². The topological polar surface area (TPSA) is 29.5 Å². The molecule has 86 valence electrons. The molecule has 0 saturated carbocycles. The zero-order chi connectivity index (χ0) is 11.7. The summed E-state index contributed by atoms with van der Waals surface area (Å²) in [5.41, 5.74) is 1.91. The SMILES string of the molecule is CC(C)Oc1ccc2c(c1)CCN(C)C2=O. The largest absolute Gasteiger partial charge is 0.491 e. The Labute approximate surface area is 96.0 Å². The second-order valence-electron chi connectivity index (χ2n) is 4.46. The molecule has 0 aliphatic carbocycles. The van der Waals surface area contributed by atoms with Crippen LogP contribution in [0.1, 0.15) is 29.8 Å². The summed E-state index contributed by atoms with van der Waals surface area (Å²) < 4.78 is 5.62. The van der Waals surface area contributed by atoms with E-state index in [0.717, 1.165) is 29.8 Å². The number of ether oxygens (including phenoxy) is 1. The first-order chi connectivity index (χ1) is 7.58. The molecule has 0 bridgehead atoms. The van der Waals surface area contributed by atoms with Gasteiger partial charge in [-0.3, -0.25) is 4.79 Å². The van der Waals surface area contributed by atoms with Crippen molar-refractivity contribution in [3.63, 3.8) is 0 Å². The summed E-state index contributed by atoms with van der Waals surface area (Å²) in [7, 11) is 1.84. The van der Waals surface area contributed by atoms with E-state index in [-0.39, 0.29) is 12.0 Å². The quantitative estimate of drug-likeness (QED) is 0.762. The lowest BCUT2D eigenvalue weighted by molar-refractivity contribution is 0.0780. The van der Waals surface area contributed by atoms with Crippen molar-refractivity contribution in [2.24, 2.45) is 0 Å². The van der Waals surface area contributed by atoms with Gasteiger partial charge < -0.3 is 9.64 Å². The van der Waals surface area contributed by atoms with E-state index in [1.54, 1.807) is 4.90 Å². The van der Waals surface area contributed by atoms with Crippen molar-refractivity contribution in [1.82, 2.24) is 4.90 Å². The summed E-state index contributed by atoms with van der Waals surface area (Å²) in [4.78, 5) is 13.6. The Balaban J connectivity index is 2.30.